The van der Waals surface area contributed by atoms with Gasteiger partial charge >= 0.3 is 5.97 Å². The number of hydrogen-bond acceptors (Lipinski definition) is 3. The lowest BCUT2D eigenvalue weighted by molar-refractivity contribution is -0.143. The molecule has 0 radical (unpaired) electrons. The summed E-state index contributed by atoms with van der Waals surface area (Å²) in [5.74, 6) is 0.850. The Hall–Kier alpha value is -1.54. The van der Waals surface area contributed by atoms with Gasteiger partial charge in [-0.05, 0) is 5.92 Å². The molecule has 90 valence electrons. The van der Waals surface area contributed by atoms with Gasteiger partial charge in [-0.15, -0.1) is 6.42 Å². The van der Waals surface area contributed by atoms with E-state index in [4.69, 9.17) is 11.5 Å². The van der Waals surface area contributed by atoms with E-state index in [2.05, 4.69) is 16.6 Å². The number of carbonyl (C=O) groups excluding carboxylic acids is 1. The third-order valence-corrected chi connectivity index (χ3v) is 2.31. The summed E-state index contributed by atoms with van der Waals surface area (Å²) < 4.78 is 0. The summed E-state index contributed by atoms with van der Waals surface area (Å²) in [6.45, 7) is 3.98. The van der Waals surface area contributed by atoms with Crippen LogP contribution in [0, 0.1) is 18.3 Å². The van der Waals surface area contributed by atoms with E-state index in [1.807, 2.05) is 6.92 Å². The first kappa shape index (κ1) is 14.5. The fourth-order valence-electron chi connectivity index (χ4n) is 1.16. The average Bonchev–Trinajstić information content (AvgIpc) is 2.25. The van der Waals surface area contributed by atoms with Crippen molar-refractivity contribution in [1.29, 1.82) is 0 Å². The van der Waals surface area contributed by atoms with Crippen LogP contribution in [0.25, 0.3) is 0 Å². The van der Waals surface area contributed by atoms with E-state index in [9.17, 15) is 9.59 Å². The van der Waals surface area contributed by atoms with Gasteiger partial charge in [-0.2, -0.15) is 0 Å². The van der Waals surface area contributed by atoms with Crippen LogP contribution in [0.15, 0.2) is 0 Å². The topological polar surface area (TPSA) is 78.4 Å². The van der Waals surface area contributed by atoms with Crippen LogP contribution < -0.4 is 10.6 Å². The van der Waals surface area contributed by atoms with E-state index >= 15 is 0 Å². The molecule has 3 N–H and O–H groups in total. The Morgan fingerprint density at radius 1 is 1.50 bits per heavy atom. The second-order valence-corrected chi connectivity index (χ2v) is 3.58. The molecule has 16 heavy (non-hydrogen) atoms. The Morgan fingerprint density at radius 3 is 2.56 bits per heavy atom. The van der Waals surface area contributed by atoms with Crippen molar-refractivity contribution in [2.24, 2.45) is 5.92 Å². The number of amides is 1. The maximum absolute atomic E-state index is 11.3. The molecule has 0 aliphatic carbocycles. The SMILES string of the molecule is C#CCNCC(=O)N[C@H](C(=O)O)[C@@H](C)CC. The van der Waals surface area contributed by atoms with E-state index in [-0.39, 0.29) is 24.9 Å². The first-order chi connectivity index (χ1) is 7.52. The summed E-state index contributed by atoms with van der Waals surface area (Å²) in [6, 6.07) is -0.842. The van der Waals surface area contributed by atoms with Crippen LogP contribution in [0.5, 0.6) is 0 Å². The number of nitrogens with one attached hydrogen (secondary N) is 2. The van der Waals surface area contributed by atoms with Crippen molar-refractivity contribution in [2.45, 2.75) is 26.3 Å². The maximum Gasteiger partial charge on any atom is 0.326 e. The number of carboxylic acid groups (broad SMARTS) is 1. The summed E-state index contributed by atoms with van der Waals surface area (Å²) in [7, 11) is 0. The molecule has 0 aliphatic heterocycles. The summed E-state index contributed by atoms with van der Waals surface area (Å²) in [5.41, 5.74) is 0. The van der Waals surface area contributed by atoms with Gasteiger partial charge in [0.05, 0.1) is 13.1 Å². The molecular formula is C11H18N2O3. The molecular weight excluding hydrogens is 208 g/mol. The molecule has 0 fully saturated rings. The van der Waals surface area contributed by atoms with E-state index in [0.29, 0.717) is 6.42 Å². The largest absolute Gasteiger partial charge is 0.480 e. The van der Waals surface area contributed by atoms with Crippen LogP contribution in [0.3, 0.4) is 0 Å². The molecule has 0 unspecified atom stereocenters. The number of carboxylic acids is 1. The van der Waals surface area contributed by atoms with Crippen LogP contribution in [0.2, 0.25) is 0 Å². The lowest BCUT2D eigenvalue weighted by atomic mass is 9.99. The van der Waals surface area contributed by atoms with Crippen molar-refractivity contribution in [3.05, 3.63) is 0 Å². The lowest BCUT2D eigenvalue weighted by Crippen LogP contribution is -2.47. The Labute approximate surface area is 95.6 Å². The van der Waals surface area contributed by atoms with Gasteiger partial charge in [0.15, 0.2) is 0 Å². The molecule has 0 spiro atoms. The summed E-state index contributed by atoms with van der Waals surface area (Å²) >= 11 is 0. The van der Waals surface area contributed by atoms with Gasteiger partial charge in [0.2, 0.25) is 5.91 Å². The molecule has 0 aromatic carbocycles. The van der Waals surface area contributed by atoms with E-state index < -0.39 is 12.0 Å². The highest BCUT2D eigenvalue weighted by molar-refractivity contribution is 5.84. The lowest BCUT2D eigenvalue weighted by Gasteiger charge is -2.20. The van der Waals surface area contributed by atoms with Crippen molar-refractivity contribution in [3.63, 3.8) is 0 Å². The number of carbonyl (C=O) groups is 2. The third kappa shape index (κ3) is 5.37. The maximum atomic E-state index is 11.3. The summed E-state index contributed by atoms with van der Waals surface area (Å²) in [4.78, 5) is 22.2. The predicted octanol–water partition coefficient (Wildman–Crippen LogP) is -0.175. The molecule has 1 amide bonds. The van der Waals surface area contributed by atoms with Crippen molar-refractivity contribution < 1.29 is 14.7 Å². The van der Waals surface area contributed by atoms with Crippen molar-refractivity contribution in [3.8, 4) is 12.3 Å². The highest BCUT2D eigenvalue weighted by atomic mass is 16.4. The number of aliphatic carboxylic acids is 1. The minimum atomic E-state index is -1.01. The summed E-state index contributed by atoms with van der Waals surface area (Å²) in [6.07, 6.45) is 5.69. The Balaban J connectivity index is 4.15. The van der Waals surface area contributed by atoms with Gasteiger partial charge in [-0.1, -0.05) is 26.2 Å². The Bertz CT molecular complexity index is 283. The molecule has 0 bridgehead atoms. The zero-order chi connectivity index (χ0) is 12.6. The van der Waals surface area contributed by atoms with E-state index in [1.54, 1.807) is 6.92 Å². The molecule has 0 aliphatic rings. The number of rotatable bonds is 7. The molecule has 0 saturated heterocycles. The molecule has 0 saturated carbocycles. The average molecular weight is 226 g/mol. The highest BCUT2D eigenvalue weighted by Crippen LogP contribution is 2.07. The van der Waals surface area contributed by atoms with Gasteiger partial charge in [0.25, 0.3) is 0 Å². The van der Waals surface area contributed by atoms with Crippen molar-refractivity contribution in [2.75, 3.05) is 13.1 Å². The first-order valence-corrected chi connectivity index (χ1v) is 5.19. The molecule has 2 atom stereocenters. The monoisotopic (exact) mass is 226 g/mol. The Kier molecular flexibility index (Phi) is 6.97. The van der Waals surface area contributed by atoms with E-state index in [0.717, 1.165) is 0 Å². The van der Waals surface area contributed by atoms with Crippen molar-refractivity contribution in [1.82, 2.24) is 10.6 Å². The highest BCUT2D eigenvalue weighted by Gasteiger charge is 2.24. The smallest absolute Gasteiger partial charge is 0.326 e. The van der Waals surface area contributed by atoms with Crippen LogP contribution in [-0.2, 0) is 9.59 Å². The minimum absolute atomic E-state index is 0.0322. The molecule has 0 rings (SSSR count). The molecule has 0 aromatic heterocycles. The normalized spacial score (nSPS) is 13.6. The zero-order valence-electron chi connectivity index (χ0n) is 9.62. The van der Waals surface area contributed by atoms with E-state index in [1.165, 1.54) is 0 Å². The predicted molar refractivity (Wildman–Crippen MR) is 60.7 cm³/mol. The third-order valence-electron chi connectivity index (χ3n) is 2.31. The standard InChI is InChI=1S/C11H18N2O3/c1-4-6-12-7-9(14)13-10(11(15)16)8(3)5-2/h1,8,10,12H,5-7H2,2-3H3,(H,13,14)(H,15,16)/t8-,10-/m0/s1. The quantitative estimate of drug-likeness (QED) is 0.416. The number of hydrogen-bond donors (Lipinski definition) is 3. The van der Waals surface area contributed by atoms with Crippen LogP contribution >= 0.6 is 0 Å². The molecule has 5 heteroatoms. The number of terminal acetylenes is 1. The fourth-order valence-corrected chi connectivity index (χ4v) is 1.16. The van der Waals surface area contributed by atoms with Crippen LogP contribution in [0.4, 0.5) is 0 Å². The van der Waals surface area contributed by atoms with Crippen LogP contribution in [-0.4, -0.2) is 36.1 Å². The zero-order valence-corrected chi connectivity index (χ0v) is 9.62. The second kappa shape index (κ2) is 7.71. The first-order valence-electron chi connectivity index (χ1n) is 5.19. The van der Waals surface area contributed by atoms with Gasteiger partial charge < -0.3 is 10.4 Å². The second-order valence-electron chi connectivity index (χ2n) is 3.58. The minimum Gasteiger partial charge on any atom is -0.480 e. The molecule has 5 nitrogen and oxygen atoms in total. The van der Waals surface area contributed by atoms with Gasteiger partial charge in [0, 0.05) is 0 Å². The van der Waals surface area contributed by atoms with Gasteiger partial charge in [-0.25, -0.2) is 4.79 Å². The van der Waals surface area contributed by atoms with Gasteiger partial charge in [0.1, 0.15) is 6.04 Å². The summed E-state index contributed by atoms with van der Waals surface area (Å²) in [5, 5.41) is 14.1. The molecule has 0 aromatic rings. The van der Waals surface area contributed by atoms with Crippen LogP contribution in [0.1, 0.15) is 20.3 Å². The molecule has 0 heterocycles. The van der Waals surface area contributed by atoms with Gasteiger partial charge in [-0.3, -0.25) is 10.1 Å². The van der Waals surface area contributed by atoms with Crippen molar-refractivity contribution >= 4 is 11.9 Å². The Morgan fingerprint density at radius 2 is 2.12 bits per heavy atom. The fraction of sp³-hybridized carbons (Fsp3) is 0.636.